The standard InChI is InChI=1S/C10H19N3O/c1-12(9-2-3-9)10(14)7-13-5-8(4-11)6-13/h8-9H,2-7,11H2,1H3. The van der Waals surface area contributed by atoms with Crippen molar-refractivity contribution in [3.63, 3.8) is 0 Å². The Morgan fingerprint density at radius 1 is 1.50 bits per heavy atom. The topological polar surface area (TPSA) is 49.6 Å². The van der Waals surface area contributed by atoms with Gasteiger partial charge >= 0.3 is 0 Å². The van der Waals surface area contributed by atoms with Crippen LogP contribution in [0.2, 0.25) is 0 Å². The van der Waals surface area contributed by atoms with E-state index in [1.807, 2.05) is 11.9 Å². The lowest BCUT2D eigenvalue weighted by Gasteiger charge is -2.38. The predicted octanol–water partition coefficient (Wildman–Crippen LogP) is -0.502. The molecule has 1 saturated heterocycles. The van der Waals surface area contributed by atoms with E-state index in [0.717, 1.165) is 19.6 Å². The largest absolute Gasteiger partial charge is 0.342 e. The fourth-order valence-electron chi connectivity index (χ4n) is 1.92. The molecule has 2 N–H and O–H groups in total. The summed E-state index contributed by atoms with van der Waals surface area (Å²) in [5, 5.41) is 0. The molecule has 2 rings (SSSR count). The second-order valence-electron chi connectivity index (χ2n) is 4.53. The lowest BCUT2D eigenvalue weighted by molar-refractivity contribution is -0.133. The number of carbonyl (C=O) groups is 1. The Balaban J connectivity index is 1.68. The predicted molar refractivity (Wildman–Crippen MR) is 54.8 cm³/mol. The molecule has 80 valence electrons. The Morgan fingerprint density at radius 3 is 2.64 bits per heavy atom. The van der Waals surface area contributed by atoms with Gasteiger partial charge in [0.25, 0.3) is 0 Å². The number of amides is 1. The molecule has 1 aliphatic heterocycles. The molecule has 1 aliphatic carbocycles. The summed E-state index contributed by atoms with van der Waals surface area (Å²) in [7, 11) is 1.92. The van der Waals surface area contributed by atoms with Gasteiger partial charge in [-0.1, -0.05) is 0 Å². The van der Waals surface area contributed by atoms with Gasteiger partial charge in [0.2, 0.25) is 5.91 Å². The van der Waals surface area contributed by atoms with Crippen LogP contribution in [0.25, 0.3) is 0 Å². The first-order valence-electron chi connectivity index (χ1n) is 5.38. The first-order chi connectivity index (χ1) is 6.70. The Labute approximate surface area is 85.0 Å². The van der Waals surface area contributed by atoms with Crippen molar-refractivity contribution in [2.24, 2.45) is 11.7 Å². The number of nitrogens with two attached hydrogens (primary N) is 1. The number of carbonyl (C=O) groups excluding carboxylic acids is 1. The molecule has 0 aromatic carbocycles. The summed E-state index contributed by atoms with van der Waals surface area (Å²) in [5.41, 5.74) is 5.52. The van der Waals surface area contributed by atoms with Crippen LogP contribution < -0.4 is 5.73 Å². The SMILES string of the molecule is CN(C(=O)CN1CC(CN)C1)C1CC1. The molecular formula is C10H19N3O. The lowest BCUT2D eigenvalue weighted by atomic mass is 10.0. The molecule has 0 aromatic heterocycles. The summed E-state index contributed by atoms with van der Waals surface area (Å²) in [6.45, 7) is 3.34. The van der Waals surface area contributed by atoms with Crippen LogP contribution in [0.5, 0.6) is 0 Å². The van der Waals surface area contributed by atoms with Gasteiger partial charge in [-0.2, -0.15) is 0 Å². The van der Waals surface area contributed by atoms with Crippen LogP contribution in [-0.2, 0) is 4.79 Å². The van der Waals surface area contributed by atoms with E-state index < -0.39 is 0 Å². The molecule has 0 aromatic rings. The van der Waals surface area contributed by atoms with Gasteiger partial charge in [-0.25, -0.2) is 0 Å². The van der Waals surface area contributed by atoms with Crippen LogP contribution in [0.4, 0.5) is 0 Å². The second-order valence-corrected chi connectivity index (χ2v) is 4.53. The second kappa shape index (κ2) is 3.87. The van der Waals surface area contributed by atoms with Crippen LogP contribution in [0.15, 0.2) is 0 Å². The Morgan fingerprint density at radius 2 is 2.14 bits per heavy atom. The number of likely N-dealkylation sites (N-methyl/N-ethyl adjacent to an activating group) is 1. The van der Waals surface area contributed by atoms with Crippen molar-refractivity contribution in [3.8, 4) is 0 Å². The molecule has 4 heteroatoms. The summed E-state index contributed by atoms with van der Waals surface area (Å²) in [5.74, 6) is 0.886. The van der Waals surface area contributed by atoms with Gasteiger partial charge in [0.1, 0.15) is 0 Å². The minimum atomic E-state index is 0.267. The molecule has 1 saturated carbocycles. The van der Waals surface area contributed by atoms with Crippen LogP contribution in [0.3, 0.4) is 0 Å². The number of hydrogen-bond acceptors (Lipinski definition) is 3. The van der Waals surface area contributed by atoms with Gasteiger partial charge in [0, 0.05) is 26.2 Å². The summed E-state index contributed by atoms with van der Waals surface area (Å²) < 4.78 is 0. The minimum absolute atomic E-state index is 0.267. The zero-order valence-electron chi connectivity index (χ0n) is 8.78. The highest BCUT2D eigenvalue weighted by Crippen LogP contribution is 2.25. The van der Waals surface area contributed by atoms with E-state index in [-0.39, 0.29) is 5.91 Å². The van der Waals surface area contributed by atoms with E-state index in [1.54, 1.807) is 0 Å². The molecule has 0 radical (unpaired) electrons. The number of nitrogens with zero attached hydrogens (tertiary/aromatic N) is 2. The minimum Gasteiger partial charge on any atom is -0.342 e. The molecule has 2 fully saturated rings. The molecule has 2 aliphatic rings. The Bertz CT molecular complexity index is 221. The molecule has 0 bridgehead atoms. The van der Waals surface area contributed by atoms with E-state index in [0.29, 0.717) is 18.5 Å². The van der Waals surface area contributed by atoms with E-state index in [4.69, 9.17) is 5.73 Å². The third-order valence-electron chi connectivity index (χ3n) is 3.21. The smallest absolute Gasteiger partial charge is 0.236 e. The first-order valence-corrected chi connectivity index (χ1v) is 5.38. The van der Waals surface area contributed by atoms with E-state index in [2.05, 4.69) is 4.90 Å². The van der Waals surface area contributed by atoms with Crippen molar-refractivity contribution in [3.05, 3.63) is 0 Å². The normalized spacial score (nSPS) is 23.3. The summed E-state index contributed by atoms with van der Waals surface area (Å²) in [4.78, 5) is 15.8. The van der Waals surface area contributed by atoms with E-state index in [1.165, 1.54) is 12.8 Å². The highest BCUT2D eigenvalue weighted by atomic mass is 16.2. The zero-order chi connectivity index (χ0) is 10.1. The first kappa shape index (κ1) is 9.93. The Kier molecular flexibility index (Phi) is 2.74. The van der Waals surface area contributed by atoms with Gasteiger partial charge < -0.3 is 10.6 Å². The maximum absolute atomic E-state index is 11.7. The fraction of sp³-hybridized carbons (Fsp3) is 0.900. The van der Waals surface area contributed by atoms with Crippen molar-refractivity contribution in [2.45, 2.75) is 18.9 Å². The molecule has 4 nitrogen and oxygen atoms in total. The average Bonchev–Trinajstić information content (AvgIpc) is 2.91. The highest BCUT2D eigenvalue weighted by Gasteiger charge is 2.32. The van der Waals surface area contributed by atoms with Gasteiger partial charge in [0.05, 0.1) is 6.54 Å². The molecule has 14 heavy (non-hydrogen) atoms. The van der Waals surface area contributed by atoms with Crippen molar-refractivity contribution in [1.29, 1.82) is 0 Å². The molecular weight excluding hydrogens is 178 g/mol. The van der Waals surface area contributed by atoms with Gasteiger partial charge in [-0.15, -0.1) is 0 Å². The average molecular weight is 197 g/mol. The molecule has 1 amide bonds. The third kappa shape index (κ3) is 2.07. The Hall–Kier alpha value is -0.610. The van der Waals surface area contributed by atoms with E-state index in [9.17, 15) is 4.79 Å². The maximum Gasteiger partial charge on any atom is 0.236 e. The highest BCUT2D eigenvalue weighted by molar-refractivity contribution is 5.78. The van der Waals surface area contributed by atoms with Gasteiger partial charge in [-0.05, 0) is 25.3 Å². The van der Waals surface area contributed by atoms with Crippen LogP contribution in [0.1, 0.15) is 12.8 Å². The van der Waals surface area contributed by atoms with E-state index >= 15 is 0 Å². The van der Waals surface area contributed by atoms with Crippen molar-refractivity contribution in [1.82, 2.24) is 9.80 Å². The quantitative estimate of drug-likeness (QED) is 0.661. The zero-order valence-corrected chi connectivity index (χ0v) is 8.78. The molecule has 0 unspecified atom stereocenters. The number of likely N-dealkylation sites (tertiary alicyclic amines) is 1. The summed E-state index contributed by atoms with van der Waals surface area (Å²) in [6, 6.07) is 0.536. The van der Waals surface area contributed by atoms with Crippen LogP contribution >= 0.6 is 0 Å². The number of hydrogen-bond donors (Lipinski definition) is 1. The molecule has 1 heterocycles. The maximum atomic E-state index is 11.7. The molecule has 0 spiro atoms. The van der Waals surface area contributed by atoms with Crippen molar-refractivity contribution >= 4 is 5.91 Å². The summed E-state index contributed by atoms with van der Waals surface area (Å²) in [6.07, 6.45) is 2.38. The fourth-order valence-corrected chi connectivity index (χ4v) is 1.92. The third-order valence-corrected chi connectivity index (χ3v) is 3.21. The van der Waals surface area contributed by atoms with Gasteiger partial charge in [0.15, 0.2) is 0 Å². The van der Waals surface area contributed by atoms with Crippen LogP contribution in [0, 0.1) is 5.92 Å². The number of rotatable bonds is 4. The van der Waals surface area contributed by atoms with Crippen LogP contribution in [-0.4, -0.2) is 55.0 Å². The van der Waals surface area contributed by atoms with Crippen molar-refractivity contribution in [2.75, 3.05) is 33.2 Å². The monoisotopic (exact) mass is 197 g/mol. The summed E-state index contributed by atoms with van der Waals surface area (Å²) >= 11 is 0. The lowest BCUT2D eigenvalue weighted by Crippen LogP contribution is -2.53. The molecule has 0 atom stereocenters. The van der Waals surface area contributed by atoms with Gasteiger partial charge in [-0.3, -0.25) is 9.69 Å². The van der Waals surface area contributed by atoms with Crippen molar-refractivity contribution < 1.29 is 4.79 Å².